The maximum Gasteiger partial charge on any atom is 0.0595 e. The Hall–Kier alpha value is -2.50. The van der Waals surface area contributed by atoms with Gasteiger partial charge in [0.2, 0.25) is 0 Å². The summed E-state index contributed by atoms with van der Waals surface area (Å²) in [5.74, 6) is 0. The Balaban J connectivity index is 1.67. The first-order chi connectivity index (χ1) is 14.6. The molecule has 0 saturated heterocycles. The zero-order chi connectivity index (χ0) is 21.3. The van der Waals surface area contributed by atoms with Crippen molar-refractivity contribution in [2.24, 2.45) is 0 Å². The zero-order valence-corrected chi connectivity index (χ0v) is 18.8. The molecule has 5 heteroatoms. The molecule has 1 atom stereocenters. The molecular weight excluding hydrogens is 370 g/mol. The van der Waals surface area contributed by atoms with Crippen LogP contribution in [0.1, 0.15) is 36.4 Å². The molecule has 160 valence electrons. The fourth-order valence-electron chi connectivity index (χ4n) is 3.73. The van der Waals surface area contributed by atoms with Gasteiger partial charge in [-0.2, -0.15) is 0 Å². The topological polar surface area (TPSA) is 44.3 Å². The fraction of sp³-hybridized carbons (Fsp3) is 0.440. The molecule has 0 bridgehead atoms. The molecule has 1 N–H and O–H groups in total. The van der Waals surface area contributed by atoms with Crippen molar-refractivity contribution in [2.75, 3.05) is 26.2 Å². The number of pyridine rings is 2. The summed E-state index contributed by atoms with van der Waals surface area (Å²) in [4.78, 5) is 14.2. The van der Waals surface area contributed by atoms with E-state index >= 15 is 0 Å². The Bertz CT molecular complexity index is 873. The highest BCUT2D eigenvalue weighted by Gasteiger charge is 2.18. The molecule has 0 aromatic carbocycles. The molecule has 2 aromatic rings. The van der Waals surface area contributed by atoms with Crippen LogP contribution in [0.5, 0.6) is 0 Å². The minimum absolute atomic E-state index is 0.340. The second-order valence-corrected chi connectivity index (χ2v) is 8.13. The van der Waals surface area contributed by atoms with Crippen LogP contribution in [0.4, 0.5) is 0 Å². The molecule has 0 fully saturated rings. The molecule has 1 unspecified atom stereocenters. The van der Waals surface area contributed by atoms with Crippen molar-refractivity contribution >= 4 is 0 Å². The van der Waals surface area contributed by atoms with E-state index in [4.69, 9.17) is 0 Å². The average molecular weight is 406 g/mol. The maximum absolute atomic E-state index is 4.64. The maximum atomic E-state index is 4.64. The number of rotatable bonds is 10. The van der Waals surface area contributed by atoms with Gasteiger partial charge in [0.15, 0.2) is 0 Å². The highest BCUT2D eigenvalue weighted by atomic mass is 15.2. The Morgan fingerprint density at radius 2 is 1.50 bits per heavy atom. The normalized spacial score (nSPS) is 16.1. The van der Waals surface area contributed by atoms with Crippen molar-refractivity contribution in [3.05, 3.63) is 83.1 Å². The Morgan fingerprint density at radius 1 is 0.900 bits per heavy atom. The van der Waals surface area contributed by atoms with Gasteiger partial charge < -0.3 is 5.32 Å². The van der Waals surface area contributed by atoms with E-state index in [2.05, 4.69) is 77.1 Å². The van der Waals surface area contributed by atoms with E-state index in [1.165, 1.54) is 22.4 Å². The first-order valence-electron chi connectivity index (χ1n) is 10.9. The molecule has 2 aromatic heterocycles. The number of likely N-dealkylation sites (N-methyl/N-ethyl adjacent to an activating group) is 1. The predicted molar refractivity (Wildman–Crippen MR) is 124 cm³/mol. The van der Waals surface area contributed by atoms with Gasteiger partial charge in [-0.25, -0.2) is 0 Å². The van der Waals surface area contributed by atoms with Crippen molar-refractivity contribution in [1.29, 1.82) is 0 Å². The van der Waals surface area contributed by atoms with Crippen LogP contribution in [0.3, 0.4) is 0 Å². The van der Waals surface area contributed by atoms with Crippen LogP contribution in [-0.2, 0) is 13.1 Å². The summed E-state index contributed by atoms with van der Waals surface area (Å²) >= 11 is 0. The molecule has 0 radical (unpaired) electrons. The standard InChI is InChI=1S/C25H35N5/c1-5-29(17-23-20(2)9-6-12-26-23)15-16-30(18-24-21(3)10-7-13-27-24)19-25-22(4)11-8-14-28-25/h6-14,24,27H,5,15-19H2,1-4H3. The highest BCUT2D eigenvalue weighted by molar-refractivity contribution is 5.22. The van der Waals surface area contributed by atoms with Crippen LogP contribution in [-0.4, -0.2) is 52.0 Å². The number of dihydropyridines is 1. The molecule has 5 nitrogen and oxygen atoms in total. The van der Waals surface area contributed by atoms with E-state index in [1.54, 1.807) is 0 Å². The van der Waals surface area contributed by atoms with Crippen LogP contribution in [0.25, 0.3) is 0 Å². The molecule has 0 spiro atoms. The third kappa shape index (κ3) is 6.25. The highest BCUT2D eigenvalue weighted by Crippen LogP contribution is 2.13. The zero-order valence-electron chi connectivity index (χ0n) is 18.8. The molecule has 3 heterocycles. The predicted octanol–water partition coefficient (Wildman–Crippen LogP) is 3.85. The molecule has 0 amide bonds. The number of hydrogen-bond donors (Lipinski definition) is 1. The number of aromatic nitrogens is 2. The minimum atomic E-state index is 0.340. The van der Waals surface area contributed by atoms with E-state index in [-0.39, 0.29) is 0 Å². The van der Waals surface area contributed by atoms with Crippen LogP contribution in [0, 0.1) is 13.8 Å². The Kier molecular flexibility index (Phi) is 8.17. The molecule has 0 aliphatic carbocycles. The lowest BCUT2D eigenvalue weighted by Crippen LogP contribution is -2.43. The Labute approximate surface area is 181 Å². The third-order valence-corrected chi connectivity index (χ3v) is 5.91. The van der Waals surface area contributed by atoms with Gasteiger partial charge in [0.25, 0.3) is 0 Å². The van der Waals surface area contributed by atoms with Crippen molar-refractivity contribution in [1.82, 2.24) is 25.1 Å². The van der Waals surface area contributed by atoms with Gasteiger partial charge in [-0.05, 0) is 68.4 Å². The van der Waals surface area contributed by atoms with E-state index in [1.807, 2.05) is 30.7 Å². The summed E-state index contributed by atoms with van der Waals surface area (Å²) in [5.41, 5.74) is 6.22. The van der Waals surface area contributed by atoms with E-state index in [0.717, 1.165) is 45.0 Å². The fourth-order valence-corrected chi connectivity index (χ4v) is 3.73. The summed E-state index contributed by atoms with van der Waals surface area (Å²) in [6.07, 6.45) is 10.1. The molecule has 0 saturated carbocycles. The number of allylic oxidation sites excluding steroid dienone is 2. The summed E-state index contributed by atoms with van der Waals surface area (Å²) in [7, 11) is 0. The summed E-state index contributed by atoms with van der Waals surface area (Å²) in [6.45, 7) is 14.4. The summed E-state index contributed by atoms with van der Waals surface area (Å²) < 4.78 is 0. The molecule has 1 aliphatic rings. The van der Waals surface area contributed by atoms with Gasteiger partial charge in [-0.1, -0.05) is 25.1 Å². The van der Waals surface area contributed by atoms with Gasteiger partial charge in [0.05, 0.1) is 17.4 Å². The van der Waals surface area contributed by atoms with Gasteiger partial charge in [0, 0.05) is 45.1 Å². The SMILES string of the molecule is CCN(CCN(Cc1ncccc1C)CC1NC=CC=C1C)Cc1ncccc1C. The molecule has 30 heavy (non-hydrogen) atoms. The van der Waals surface area contributed by atoms with Gasteiger partial charge >= 0.3 is 0 Å². The van der Waals surface area contributed by atoms with E-state index in [0.29, 0.717) is 6.04 Å². The van der Waals surface area contributed by atoms with Crippen molar-refractivity contribution in [3.63, 3.8) is 0 Å². The third-order valence-electron chi connectivity index (χ3n) is 5.91. The van der Waals surface area contributed by atoms with Crippen molar-refractivity contribution in [2.45, 2.75) is 46.8 Å². The lowest BCUT2D eigenvalue weighted by Gasteiger charge is -2.31. The lowest BCUT2D eigenvalue weighted by atomic mass is 10.1. The largest absolute Gasteiger partial charge is 0.383 e. The lowest BCUT2D eigenvalue weighted by molar-refractivity contribution is 0.188. The molecule has 3 rings (SSSR count). The molecular formula is C25H35N5. The number of aryl methyl sites for hydroxylation is 2. The average Bonchev–Trinajstić information content (AvgIpc) is 2.75. The van der Waals surface area contributed by atoms with Crippen LogP contribution in [0.2, 0.25) is 0 Å². The van der Waals surface area contributed by atoms with Crippen LogP contribution < -0.4 is 5.32 Å². The number of hydrogen-bond acceptors (Lipinski definition) is 5. The van der Waals surface area contributed by atoms with Gasteiger partial charge in [-0.3, -0.25) is 19.8 Å². The van der Waals surface area contributed by atoms with Crippen LogP contribution in [0.15, 0.2) is 60.6 Å². The van der Waals surface area contributed by atoms with E-state index < -0.39 is 0 Å². The smallest absolute Gasteiger partial charge is 0.0595 e. The van der Waals surface area contributed by atoms with E-state index in [9.17, 15) is 0 Å². The number of nitrogens with zero attached hydrogens (tertiary/aromatic N) is 4. The summed E-state index contributed by atoms with van der Waals surface area (Å²) in [5, 5.41) is 3.51. The molecule has 1 aliphatic heterocycles. The Morgan fingerprint density at radius 3 is 2.07 bits per heavy atom. The second kappa shape index (κ2) is 11.0. The minimum Gasteiger partial charge on any atom is -0.383 e. The van der Waals surface area contributed by atoms with Gasteiger partial charge in [-0.15, -0.1) is 0 Å². The monoisotopic (exact) mass is 405 g/mol. The van der Waals surface area contributed by atoms with Gasteiger partial charge in [0.1, 0.15) is 0 Å². The summed E-state index contributed by atoms with van der Waals surface area (Å²) in [6, 6.07) is 8.65. The van der Waals surface area contributed by atoms with Crippen molar-refractivity contribution in [3.8, 4) is 0 Å². The first kappa shape index (κ1) is 22.2. The van der Waals surface area contributed by atoms with Crippen LogP contribution >= 0.6 is 0 Å². The van der Waals surface area contributed by atoms with Crippen molar-refractivity contribution < 1.29 is 0 Å². The second-order valence-electron chi connectivity index (χ2n) is 8.13. The first-order valence-corrected chi connectivity index (χ1v) is 10.9. The number of nitrogens with one attached hydrogen (secondary N) is 1. The quantitative estimate of drug-likeness (QED) is 0.650.